The van der Waals surface area contributed by atoms with E-state index < -0.39 is 9.84 Å². The summed E-state index contributed by atoms with van der Waals surface area (Å²) in [5.41, 5.74) is 5.99. The number of hydrogen-bond donors (Lipinski definition) is 1. The highest BCUT2D eigenvalue weighted by atomic mass is 32.2. The molecule has 0 bridgehead atoms. The highest BCUT2D eigenvalue weighted by molar-refractivity contribution is 7.92. The summed E-state index contributed by atoms with van der Waals surface area (Å²) in [4.78, 5) is 0. The zero-order valence-corrected chi connectivity index (χ0v) is 10.6. The van der Waals surface area contributed by atoms with Crippen molar-refractivity contribution in [3.63, 3.8) is 0 Å². The van der Waals surface area contributed by atoms with Crippen molar-refractivity contribution in [2.24, 2.45) is 11.7 Å². The number of sulfone groups is 1. The summed E-state index contributed by atoms with van der Waals surface area (Å²) in [6.45, 7) is 4.28. The Labute approximate surface area is 93.3 Å². The van der Waals surface area contributed by atoms with E-state index in [2.05, 4.69) is 13.8 Å². The zero-order valence-electron chi connectivity index (χ0n) is 9.78. The van der Waals surface area contributed by atoms with Crippen LogP contribution in [0.1, 0.15) is 46.0 Å². The SMILES string of the molecule is CC(C)CCC(N)C1CCCCS1(=O)=O. The lowest BCUT2D eigenvalue weighted by Gasteiger charge is -2.27. The number of nitrogens with two attached hydrogens (primary N) is 1. The van der Waals surface area contributed by atoms with E-state index in [0.717, 1.165) is 32.1 Å². The molecule has 2 N–H and O–H groups in total. The Morgan fingerprint density at radius 2 is 1.93 bits per heavy atom. The molecule has 1 fully saturated rings. The fourth-order valence-corrected chi connectivity index (χ4v) is 4.28. The van der Waals surface area contributed by atoms with Crippen molar-refractivity contribution < 1.29 is 8.42 Å². The largest absolute Gasteiger partial charge is 0.327 e. The Morgan fingerprint density at radius 1 is 1.27 bits per heavy atom. The van der Waals surface area contributed by atoms with Gasteiger partial charge in [-0.1, -0.05) is 20.3 Å². The van der Waals surface area contributed by atoms with E-state index in [1.165, 1.54) is 0 Å². The van der Waals surface area contributed by atoms with Crippen molar-refractivity contribution in [3.05, 3.63) is 0 Å². The molecule has 0 aromatic rings. The van der Waals surface area contributed by atoms with Crippen LogP contribution in [0.3, 0.4) is 0 Å². The molecule has 1 saturated heterocycles. The molecular weight excluding hydrogens is 210 g/mol. The zero-order chi connectivity index (χ0) is 11.5. The lowest BCUT2D eigenvalue weighted by Crippen LogP contribution is -2.43. The first-order valence-corrected chi connectivity index (χ1v) is 7.62. The normalized spacial score (nSPS) is 27.9. The summed E-state index contributed by atoms with van der Waals surface area (Å²) in [5.74, 6) is 0.940. The van der Waals surface area contributed by atoms with Gasteiger partial charge >= 0.3 is 0 Å². The first kappa shape index (κ1) is 13.0. The minimum absolute atomic E-state index is 0.155. The van der Waals surface area contributed by atoms with Gasteiger partial charge < -0.3 is 5.73 Å². The topological polar surface area (TPSA) is 60.2 Å². The van der Waals surface area contributed by atoms with Gasteiger partial charge in [0.05, 0.1) is 11.0 Å². The van der Waals surface area contributed by atoms with E-state index in [1.54, 1.807) is 0 Å². The molecule has 1 aliphatic heterocycles. The van der Waals surface area contributed by atoms with E-state index in [4.69, 9.17) is 5.73 Å². The second-order valence-corrected chi connectivity index (χ2v) is 7.38. The Hall–Kier alpha value is -0.0900. The summed E-state index contributed by atoms with van der Waals surface area (Å²) in [5, 5.41) is -0.273. The molecule has 0 saturated carbocycles. The molecule has 1 heterocycles. The fourth-order valence-electron chi connectivity index (χ4n) is 2.17. The van der Waals surface area contributed by atoms with E-state index in [-0.39, 0.29) is 11.3 Å². The van der Waals surface area contributed by atoms with Crippen LogP contribution in [0.25, 0.3) is 0 Å². The van der Waals surface area contributed by atoms with Crippen LogP contribution in [-0.4, -0.2) is 25.5 Å². The molecule has 1 aliphatic rings. The van der Waals surface area contributed by atoms with Gasteiger partial charge in [0.2, 0.25) is 0 Å². The monoisotopic (exact) mass is 233 g/mol. The van der Waals surface area contributed by atoms with Crippen molar-refractivity contribution in [3.8, 4) is 0 Å². The molecule has 90 valence electrons. The molecule has 0 radical (unpaired) electrons. The van der Waals surface area contributed by atoms with Gasteiger partial charge in [0.25, 0.3) is 0 Å². The van der Waals surface area contributed by atoms with Crippen molar-refractivity contribution in [2.75, 3.05) is 5.75 Å². The van der Waals surface area contributed by atoms with Crippen LogP contribution in [0.5, 0.6) is 0 Å². The minimum atomic E-state index is -2.90. The molecule has 4 heteroatoms. The minimum Gasteiger partial charge on any atom is -0.327 e. The van der Waals surface area contributed by atoms with Gasteiger partial charge in [-0.25, -0.2) is 8.42 Å². The van der Waals surface area contributed by atoms with Crippen LogP contribution in [0.15, 0.2) is 0 Å². The third-order valence-corrected chi connectivity index (χ3v) is 5.55. The molecule has 1 rings (SSSR count). The van der Waals surface area contributed by atoms with Gasteiger partial charge in [0.1, 0.15) is 0 Å². The van der Waals surface area contributed by atoms with Crippen LogP contribution >= 0.6 is 0 Å². The van der Waals surface area contributed by atoms with E-state index in [9.17, 15) is 8.42 Å². The van der Waals surface area contributed by atoms with Crippen LogP contribution < -0.4 is 5.73 Å². The number of rotatable bonds is 4. The van der Waals surface area contributed by atoms with Crippen molar-refractivity contribution in [1.29, 1.82) is 0 Å². The molecule has 2 atom stereocenters. The second kappa shape index (κ2) is 5.30. The van der Waals surface area contributed by atoms with Crippen molar-refractivity contribution in [1.82, 2.24) is 0 Å². The molecule has 2 unspecified atom stereocenters. The Morgan fingerprint density at radius 3 is 2.47 bits per heavy atom. The van der Waals surface area contributed by atoms with Gasteiger partial charge in [-0.2, -0.15) is 0 Å². The standard InChI is InChI=1S/C11H23NO2S/c1-9(2)6-7-10(12)11-5-3-4-8-15(11,13)14/h9-11H,3-8,12H2,1-2H3. The van der Waals surface area contributed by atoms with Crippen LogP contribution in [0.4, 0.5) is 0 Å². The third kappa shape index (κ3) is 3.76. The van der Waals surface area contributed by atoms with Gasteiger partial charge in [-0.05, 0) is 31.6 Å². The quantitative estimate of drug-likeness (QED) is 0.804. The van der Waals surface area contributed by atoms with Crippen LogP contribution in [0, 0.1) is 5.92 Å². The van der Waals surface area contributed by atoms with Crippen LogP contribution in [-0.2, 0) is 9.84 Å². The predicted molar refractivity (Wildman–Crippen MR) is 63.5 cm³/mol. The summed E-state index contributed by atoms with van der Waals surface area (Å²) in [6, 6.07) is -0.155. The Kier molecular flexibility index (Phi) is 4.59. The van der Waals surface area contributed by atoms with Crippen LogP contribution in [0.2, 0.25) is 0 Å². The maximum atomic E-state index is 11.8. The highest BCUT2D eigenvalue weighted by Gasteiger charge is 2.33. The molecule has 0 amide bonds. The second-order valence-electron chi connectivity index (χ2n) is 5.04. The van der Waals surface area contributed by atoms with Gasteiger partial charge in [-0.15, -0.1) is 0 Å². The lowest BCUT2D eigenvalue weighted by molar-refractivity contribution is 0.444. The summed E-state index contributed by atoms with van der Waals surface area (Å²) >= 11 is 0. The average Bonchev–Trinajstić information content (AvgIpc) is 2.13. The first-order valence-electron chi connectivity index (χ1n) is 5.90. The third-order valence-electron chi connectivity index (χ3n) is 3.18. The summed E-state index contributed by atoms with van der Waals surface area (Å²) < 4.78 is 23.6. The first-order chi connectivity index (χ1) is 6.93. The summed E-state index contributed by atoms with van der Waals surface area (Å²) in [6.07, 6.45) is 4.45. The molecule has 0 spiro atoms. The van der Waals surface area contributed by atoms with E-state index in [1.807, 2.05) is 0 Å². The Bertz CT molecular complexity index is 285. The molecule has 0 aromatic carbocycles. The predicted octanol–water partition coefficient (Wildman–Crippen LogP) is 1.72. The fraction of sp³-hybridized carbons (Fsp3) is 1.00. The molecule has 0 aliphatic carbocycles. The lowest BCUT2D eigenvalue weighted by atomic mass is 9.99. The van der Waals surface area contributed by atoms with Crippen molar-refractivity contribution >= 4 is 9.84 Å². The van der Waals surface area contributed by atoms with Gasteiger partial charge in [-0.3, -0.25) is 0 Å². The molecule has 3 nitrogen and oxygen atoms in total. The highest BCUT2D eigenvalue weighted by Crippen LogP contribution is 2.24. The van der Waals surface area contributed by atoms with Gasteiger partial charge in [0, 0.05) is 6.04 Å². The molecular formula is C11H23NO2S. The van der Waals surface area contributed by atoms with E-state index >= 15 is 0 Å². The molecule has 15 heavy (non-hydrogen) atoms. The molecule has 0 aromatic heterocycles. The number of hydrogen-bond acceptors (Lipinski definition) is 3. The maximum absolute atomic E-state index is 11.8. The Balaban J connectivity index is 2.53. The maximum Gasteiger partial charge on any atom is 0.154 e. The average molecular weight is 233 g/mol. The smallest absolute Gasteiger partial charge is 0.154 e. The summed E-state index contributed by atoms with van der Waals surface area (Å²) in [7, 11) is -2.90. The van der Waals surface area contributed by atoms with E-state index in [0.29, 0.717) is 11.7 Å². The van der Waals surface area contributed by atoms with Gasteiger partial charge in [0.15, 0.2) is 9.84 Å². The van der Waals surface area contributed by atoms with Crippen molar-refractivity contribution in [2.45, 2.75) is 57.2 Å².